The highest BCUT2D eigenvalue weighted by Crippen LogP contribution is 2.33. The molecule has 0 aromatic heterocycles. The van der Waals surface area contributed by atoms with Gasteiger partial charge in [0.15, 0.2) is 0 Å². The van der Waals surface area contributed by atoms with Crippen molar-refractivity contribution in [3.05, 3.63) is 69.2 Å². The van der Waals surface area contributed by atoms with Crippen LogP contribution >= 0.6 is 23.2 Å². The number of rotatable bonds is 5. The summed E-state index contributed by atoms with van der Waals surface area (Å²) in [5.74, 6) is -0.596. The van der Waals surface area contributed by atoms with Gasteiger partial charge in [-0.05, 0) is 48.7 Å². The van der Waals surface area contributed by atoms with Crippen LogP contribution in [-0.2, 0) is 28.7 Å². The smallest absolute Gasteiger partial charge is 0.350 e. The molecule has 2 aromatic rings. The first-order chi connectivity index (χ1) is 14.0. The van der Waals surface area contributed by atoms with E-state index in [1.807, 2.05) is 0 Å². The molecule has 2 amide bonds. The predicted octanol–water partition coefficient (Wildman–Crippen LogP) is 4.86. The lowest BCUT2D eigenvalue weighted by Crippen LogP contribution is -2.67. The molecule has 1 saturated heterocycles. The van der Waals surface area contributed by atoms with Gasteiger partial charge in [-0.15, -0.1) is 0 Å². The maximum Gasteiger partial charge on any atom is 0.416 e. The normalized spacial score (nSPS) is 18.7. The maximum absolute atomic E-state index is 12.7. The zero-order valence-electron chi connectivity index (χ0n) is 16.0. The molecule has 1 aliphatic heterocycles. The van der Waals surface area contributed by atoms with Gasteiger partial charge in [-0.3, -0.25) is 9.59 Å². The number of likely N-dealkylation sites (tertiary alicyclic amines) is 1. The van der Waals surface area contributed by atoms with Crippen molar-refractivity contribution in [3.8, 4) is 0 Å². The van der Waals surface area contributed by atoms with Gasteiger partial charge < -0.3 is 10.2 Å². The topological polar surface area (TPSA) is 49.4 Å². The number of carbonyl (C=O) groups is 2. The van der Waals surface area contributed by atoms with Gasteiger partial charge in [0.2, 0.25) is 11.8 Å². The van der Waals surface area contributed by atoms with Gasteiger partial charge in [0, 0.05) is 23.1 Å². The van der Waals surface area contributed by atoms with Crippen molar-refractivity contribution in [1.29, 1.82) is 0 Å². The second kappa shape index (κ2) is 8.47. The molecule has 9 heteroatoms. The van der Waals surface area contributed by atoms with Crippen LogP contribution in [0.15, 0.2) is 42.5 Å². The van der Waals surface area contributed by atoms with E-state index < -0.39 is 17.3 Å². The summed E-state index contributed by atoms with van der Waals surface area (Å²) in [6.07, 6.45) is -3.88. The molecule has 1 N–H and O–H groups in total. The number of benzene rings is 2. The number of hydrogen-bond donors (Lipinski definition) is 1. The minimum Gasteiger partial charge on any atom is -0.350 e. The van der Waals surface area contributed by atoms with Crippen LogP contribution in [0.4, 0.5) is 13.2 Å². The maximum atomic E-state index is 12.7. The fourth-order valence-electron chi connectivity index (χ4n) is 3.30. The molecule has 0 aliphatic carbocycles. The molecule has 3 rings (SSSR count). The van der Waals surface area contributed by atoms with Crippen LogP contribution in [-0.4, -0.2) is 28.8 Å². The third kappa shape index (κ3) is 4.73. The molecule has 30 heavy (non-hydrogen) atoms. The summed E-state index contributed by atoms with van der Waals surface area (Å²) in [6.45, 7) is 2.17. The molecule has 0 bridgehead atoms. The molecule has 1 fully saturated rings. The first-order valence-electron chi connectivity index (χ1n) is 9.19. The molecule has 1 aliphatic rings. The van der Waals surface area contributed by atoms with E-state index in [1.54, 1.807) is 25.1 Å². The number of nitrogens with zero attached hydrogens (tertiary/aromatic N) is 1. The van der Waals surface area contributed by atoms with E-state index in [4.69, 9.17) is 23.2 Å². The van der Waals surface area contributed by atoms with Gasteiger partial charge in [-0.1, -0.05) is 41.4 Å². The van der Waals surface area contributed by atoms with Crippen LogP contribution < -0.4 is 5.32 Å². The summed E-state index contributed by atoms with van der Waals surface area (Å²) in [7, 11) is 0. The number of hydrogen-bond acceptors (Lipinski definition) is 2. The van der Waals surface area contributed by atoms with Crippen molar-refractivity contribution in [1.82, 2.24) is 10.2 Å². The Bertz CT molecular complexity index is 964. The van der Waals surface area contributed by atoms with Crippen LogP contribution in [0.3, 0.4) is 0 Å². The number of alkyl halides is 3. The first-order valence-corrected chi connectivity index (χ1v) is 9.95. The van der Waals surface area contributed by atoms with Crippen LogP contribution in [0, 0.1) is 0 Å². The van der Waals surface area contributed by atoms with Crippen molar-refractivity contribution in [2.45, 2.75) is 38.0 Å². The van der Waals surface area contributed by atoms with Gasteiger partial charge in [0.05, 0.1) is 12.0 Å². The van der Waals surface area contributed by atoms with Gasteiger partial charge in [-0.2, -0.15) is 13.2 Å². The Labute approximate surface area is 182 Å². The average molecular weight is 459 g/mol. The zero-order valence-corrected chi connectivity index (χ0v) is 17.5. The number of nitrogens with one attached hydrogen (secondary N) is 1. The Balaban J connectivity index is 1.60. The molecule has 1 unspecified atom stereocenters. The van der Waals surface area contributed by atoms with E-state index in [2.05, 4.69) is 5.32 Å². The molecule has 4 nitrogen and oxygen atoms in total. The third-order valence-corrected chi connectivity index (χ3v) is 5.89. The first kappa shape index (κ1) is 22.4. The van der Waals surface area contributed by atoms with Gasteiger partial charge >= 0.3 is 6.18 Å². The lowest BCUT2D eigenvalue weighted by molar-refractivity contribution is -0.157. The Morgan fingerprint density at radius 2 is 1.80 bits per heavy atom. The molecule has 0 spiro atoms. The van der Waals surface area contributed by atoms with Gasteiger partial charge in [0.25, 0.3) is 0 Å². The van der Waals surface area contributed by atoms with E-state index in [0.717, 1.165) is 12.1 Å². The van der Waals surface area contributed by atoms with E-state index in [-0.39, 0.29) is 24.8 Å². The van der Waals surface area contributed by atoms with E-state index in [9.17, 15) is 22.8 Å². The third-order valence-electron chi connectivity index (χ3n) is 5.30. The molecule has 1 heterocycles. The van der Waals surface area contributed by atoms with Crippen LogP contribution in [0.25, 0.3) is 0 Å². The molecular weight excluding hydrogens is 440 g/mol. The monoisotopic (exact) mass is 458 g/mol. The second-order valence-electron chi connectivity index (χ2n) is 7.36. The molecular formula is C21H19Cl2F3N2O2. The summed E-state index contributed by atoms with van der Waals surface area (Å²) in [6, 6.07) is 9.44. The SMILES string of the molecule is CC1(C(=O)NCc2ccc(C(F)(F)F)cc2)CCN1C(=O)Cc1ccc(Cl)cc1Cl. The Morgan fingerprint density at radius 3 is 2.33 bits per heavy atom. The van der Waals surface area contributed by atoms with E-state index >= 15 is 0 Å². The Kier molecular flexibility index (Phi) is 6.34. The Morgan fingerprint density at radius 1 is 1.13 bits per heavy atom. The highest BCUT2D eigenvalue weighted by molar-refractivity contribution is 6.35. The average Bonchev–Trinajstić information content (AvgIpc) is 2.66. The zero-order chi connectivity index (χ0) is 22.1. The molecule has 0 saturated carbocycles. The molecule has 2 aromatic carbocycles. The summed E-state index contributed by atoms with van der Waals surface area (Å²) in [5.41, 5.74) is -0.612. The van der Waals surface area contributed by atoms with Crippen molar-refractivity contribution in [3.63, 3.8) is 0 Å². The summed E-state index contributed by atoms with van der Waals surface area (Å²) in [4.78, 5) is 26.9. The summed E-state index contributed by atoms with van der Waals surface area (Å²) in [5, 5.41) is 3.55. The quantitative estimate of drug-likeness (QED) is 0.695. The van der Waals surface area contributed by atoms with E-state index in [0.29, 0.717) is 34.1 Å². The minimum atomic E-state index is -4.41. The predicted molar refractivity (Wildman–Crippen MR) is 108 cm³/mol. The minimum absolute atomic E-state index is 0.0395. The van der Waals surface area contributed by atoms with Crippen LogP contribution in [0.2, 0.25) is 10.0 Å². The largest absolute Gasteiger partial charge is 0.416 e. The summed E-state index contributed by atoms with van der Waals surface area (Å²) >= 11 is 12.0. The van der Waals surface area contributed by atoms with Crippen LogP contribution in [0.5, 0.6) is 0 Å². The standard InChI is InChI=1S/C21H19Cl2F3N2O2/c1-20(19(30)27-12-13-2-5-15(6-3-13)21(24,25)26)8-9-28(20)18(29)10-14-4-7-16(22)11-17(14)23/h2-7,11H,8-10,12H2,1H3,(H,27,30). The Hall–Kier alpha value is -2.25. The second-order valence-corrected chi connectivity index (χ2v) is 8.20. The lowest BCUT2D eigenvalue weighted by Gasteiger charge is -2.49. The molecule has 160 valence electrons. The highest BCUT2D eigenvalue weighted by Gasteiger charge is 2.49. The fourth-order valence-corrected chi connectivity index (χ4v) is 3.78. The van der Waals surface area contributed by atoms with Crippen molar-refractivity contribution in [2.75, 3.05) is 6.54 Å². The number of carbonyl (C=O) groups excluding carboxylic acids is 2. The fraction of sp³-hybridized carbons (Fsp3) is 0.333. The summed E-state index contributed by atoms with van der Waals surface area (Å²) < 4.78 is 37.9. The number of halogens is 5. The number of amides is 2. The van der Waals surface area contributed by atoms with Crippen molar-refractivity contribution >= 4 is 35.0 Å². The van der Waals surface area contributed by atoms with Crippen LogP contribution in [0.1, 0.15) is 30.0 Å². The van der Waals surface area contributed by atoms with Crippen molar-refractivity contribution < 1.29 is 22.8 Å². The lowest BCUT2D eigenvalue weighted by atomic mass is 9.84. The molecule has 0 radical (unpaired) electrons. The van der Waals surface area contributed by atoms with E-state index in [1.165, 1.54) is 17.0 Å². The van der Waals surface area contributed by atoms with Gasteiger partial charge in [0.1, 0.15) is 5.54 Å². The van der Waals surface area contributed by atoms with Gasteiger partial charge in [-0.25, -0.2) is 0 Å². The van der Waals surface area contributed by atoms with Crippen molar-refractivity contribution in [2.24, 2.45) is 0 Å². The molecule has 1 atom stereocenters. The highest BCUT2D eigenvalue weighted by atomic mass is 35.5.